The molecule has 1 saturated carbocycles. The zero-order valence-electron chi connectivity index (χ0n) is 18.9. The molecule has 166 valence electrons. The predicted octanol–water partition coefficient (Wildman–Crippen LogP) is 6.22. The molecule has 3 aromatic rings. The van der Waals surface area contributed by atoms with E-state index in [9.17, 15) is 10.1 Å². The molecule has 0 saturated heterocycles. The zero-order valence-corrected chi connectivity index (χ0v) is 18.9. The molecule has 2 amide bonds. The van der Waals surface area contributed by atoms with Crippen LogP contribution in [0.15, 0.2) is 42.5 Å². The number of ether oxygens (including phenoxy) is 1. The molecule has 6 heteroatoms. The van der Waals surface area contributed by atoms with E-state index in [0.717, 1.165) is 52.9 Å². The van der Waals surface area contributed by atoms with Crippen molar-refractivity contribution < 1.29 is 9.53 Å². The largest absolute Gasteiger partial charge is 0.494 e. The lowest BCUT2D eigenvalue weighted by molar-refractivity contribution is 0.240. The van der Waals surface area contributed by atoms with Crippen LogP contribution in [0.3, 0.4) is 0 Å². The van der Waals surface area contributed by atoms with Gasteiger partial charge in [-0.2, -0.15) is 5.26 Å². The van der Waals surface area contributed by atoms with E-state index < -0.39 is 0 Å². The first-order chi connectivity index (χ1) is 15.5. The van der Waals surface area contributed by atoms with Crippen LogP contribution in [-0.4, -0.2) is 23.2 Å². The number of anilines is 1. The summed E-state index contributed by atoms with van der Waals surface area (Å²) in [5, 5.41) is 16.8. The quantitative estimate of drug-likeness (QED) is 0.467. The smallest absolute Gasteiger partial charge is 0.319 e. The fraction of sp³-hybridized carbons (Fsp3) is 0.385. The number of nitrogens with zero attached hydrogens (tertiary/aromatic N) is 2. The third kappa shape index (κ3) is 4.29. The fourth-order valence-corrected chi connectivity index (χ4v) is 4.15. The topological polar surface area (TPSA) is 79.1 Å². The first-order valence-electron chi connectivity index (χ1n) is 11.4. The average molecular weight is 431 g/mol. The molecule has 0 aliphatic heterocycles. The van der Waals surface area contributed by atoms with Crippen molar-refractivity contribution in [2.75, 3.05) is 11.9 Å². The van der Waals surface area contributed by atoms with Crippen molar-refractivity contribution in [3.05, 3.63) is 48.0 Å². The van der Waals surface area contributed by atoms with Crippen molar-refractivity contribution in [2.24, 2.45) is 0 Å². The summed E-state index contributed by atoms with van der Waals surface area (Å²) in [5.74, 6) is 0.812. The highest BCUT2D eigenvalue weighted by molar-refractivity contribution is 5.96. The van der Waals surface area contributed by atoms with E-state index in [0.29, 0.717) is 18.2 Å². The average Bonchev–Trinajstić information content (AvgIpc) is 3.09. The molecule has 1 aliphatic rings. The van der Waals surface area contributed by atoms with Crippen LogP contribution in [0.1, 0.15) is 58.1 Å². The predicted molar refractivity (Wildman–Crippen MR) is 128 cm³/mol. The van der Waals surface area contributed by atoms with Crippen LogP contribution in [0.25, 0.3) is 22.2 Å². The summed E-state index contributed by atoms with van der Waals surface area (Å²) in [6.45, 7) is 6.97. The van der Waals surface area contributed by atoms with Crippen molar-refractivity contribution in [1.29, 1.82) is 5.26 Å². The maximum atomic E-state index is 12.2. The van der Waals surface area contributed by atoms with Gasteiger partial charge in [-0.15, -0.1) is 0 Å². The molecule has 0 atom stereocenters. The molecular weight excluding hydrogens is 400 g/mol. The number of carbonyl (C=O) groups is 1. The number of urea groups is 1. The molecule has 0 spiro atoms. The number of fused-ring (bicyclic) bond motifs is 1. The van der Waals surface area contributed by atoms with E-state index >= 15 is 0 Å². The SMILES string of the molecule is CCCOc1ccc2c(C#N)c(-c3ccc(NC(=O)NC4CCC4)cc3)n(C(C)C)c2c1. The van der Waals surface area contributed by atoms with E-state index in [-0.39, 0.29) is 12.1 Å². The minimum absolute atomic E-state index is 0.155. The number of nitriles is 1. The molecule has 6 nitrogen and oxygen atoms in total. The summed E-state index contributed by atoms with van der Waals surface area (Å²) in [7, 11) is 0. The Morgan fingerprint density at radius 2 is 1.97 bits per heavy atom. The van der Waals surface area contributed by atoms with Crippen LogP contribution in [-0.2, 0) is 0 Å². The minimum atomic E-state index is -0.170. The number of carbonyl (C=O) groups excluding carboxylic acids is 1. The summed E-state index contributed by atoms with van der Waals surface area (Å²) in [6.07, 6.45) is 4.22. The summed E-state index contributed by atoms with van der Waals surface area (Å²) >= 11 is 0. The van der Waals surface area contributed by atoms with Gasteiger partial charge in [-0.1, -0.05) is 19.1 Å². The summed E-state index contributed by atoms with van der Waals surface area (Å²) in [4.78, 5) is 12.2. The number of aromatic nitrogens is 1. The molecule has 2 aromatic carbocycles. The van der Waals surface area contributed by atoms with Gasteiger partial charge in [-0.25, -0.2) is 4.79 Å². The number of amides is 2. The van der Waals surface area contributed by atoms with Crippen molar-refractivity contribution in [3.8, 4) is 23.1 Å². The van der Waals surface area contributed by atoms with Crippen molar-refractivity contribution in [3.63, 3.8) is 0 Å². The van der Waals surface area contributed by atoms with Gasteiger partial charge in [0, 0.05) is 29.2 Å². The van der Waals surface area contributed by atoms with Gasteiger partial charge in [0.15, 0.2) is 0 Å². The Bertz CT molecular complexity index is 1150. The molecule has 1 fully saturated rings. The van der Waals surface area contributed by atoms with E-state index in [2.05, 4.69) is 42.0 Å². The fourth-order valence-electron chi connectivity index (χ4n) is 4.15. The monoisotopic (exact) mass is 430 g/mol. The van der Waals surface area contributed by atoms with Crippen molar-refractivity contribution in [1.82, 2.24) is 9.88 Å². The van der Waals surface area contributed by atoms with Crippen LogP contribution < -0.4 is 15.4 Å². The highest BCUT2D eigenvalue weighted by Gasteiger charge is 2.22. The Balaban J connectivity index is 1.68. The molecule has 0 radical (unpaired) electrons. The van der Waals surface area contributed by atoms with Crippen LogP contribution in [0.5, 0.6) is 5.75 Å². The first-order valence-corrected chi connectivity index (χ1v) is 11.4. The van der Waals surface area contributed by atoms with Gasteiger partial charge in [-0.3, -0.25) is 0 Å². The van der Waals surface area contributed by atoms with Gasteiger partial charge in [0.1, 0.15) is 11.8 Å². The van der Waals surface area contributed by atoms with Crippen molar-refractivity contribution in [2.45, 2.75) is 58.5 Å². The molecule has 32 heavy (non-hydrogen) atoms. The second-order valence-corrected chi connectivity index (χ2v) is 8.63. The lowest BCUT2D eigenvalue weighted by atomic mass is 9.93. The van der Waals surface area contributed by atoms with Crippen LogP contribution >= 0.6 is 0 Å². The number of hydrogen-bond donors (Lipinski definition) is 2. The van der Waals surface area contributed by atoms with Gasteiger partial charge in [0.25, 0.3) is 0 Å². The lowest BCUT2D eigenvalue weighted by Crippen LogP contribution is -2.41. The number of benzene rings is 2. The van der Waals surface area contributed by atoms with Crippen LogP contribution in [0, 0.1) is 11.3 Å². The standard InChI is InChI=1S/C26H30N4O2/c1-4-14-32-21-12-13-22-23(16-27)25(30(17(2)3)24(22)15-21)18-8-10-20(11-9-18)29-26(31)28-19-6-5-7-19/h8-13,15,17,19H,4-7,14H2,1-3H3,(H2,28,29,31). The van der Waals surface area contributed by atoms with E-state index in [1.165, 1.54) is 6.42 Å². The van der Waals surface area contributed by atoms with Gasteiger partial charge in [0.2, 0.25) is 0 Å². The second kappa shape index (κ2) is 9.35. The van der Waals surface area contributed by atoms with Crippen LogP contribution in [0.2, 0.25) is 0 Å². The first kappa shape index (κ1) is 21.8. The zero-order chi connectivity index (χ0) is 22.7. The van der Waals surface area contributed by atoms with E-state index in [4.69, 9.17) is 4.74 Å². The van der Waals surface area contributed by atoms with Gasteiger partial charge >= 0.3 is 6.03 Å². The molecule has 4 rings (SSSR count). The Kier molecular flexibility index (Phi) is 6.36. The molecule has 0 bridgehead atoms. The maximum Gasteiger partial charge on any atom is 0.319 e. The highest BCUT2D eigenvalue weighted by Crippen LogP contribution is 2.38. The molecular formula is C26H30N4O2. The Morgan fingerprint density at radius 1 is 1.22 bits per heavy atom. The van der Waals surface area contributed by atoms with E-state index in [1.807, 2.05) is 42.5 Å². The van der Waals surface area contributed by atoms with Gasteiger partial charge in [0.05, 0.1) is 23.4 Å². The van der Waals surface area contributed by atoms with E-state index in [1.54, 1.807) is 0 Å². The second-order valence-electron chi connectivity index (χ2n) is 8.63. The Morgan fingerprint density at radius 3 is 2.56 bits per heavy atom. The van der Waals surface area contributed by atoms with Crippen LogP contribution in [0.4, 0.5) is 10.5 Å². The number of rotatable bonds is 7. The molecule has 1 aliphatic carbocycles. The van der Waals surface area contributed by atoms with Crippen molar-refractivity contribution >= 4 is 22.6 Å². The molecule has 0 unspecified atom stereocenters. The minimum Gasteiger partial charge on any atom is -0.494 e. The Labute approximate surface area is 189 Å². The third-order valence-electron chi connectivity index (χ3n) is 5.93. The number of hydrogen-bond acceptors (Lipinski definition) is 3. The summed E-state index contributed by atoms with van der Waals surface area (Å²) < 4.78 is 8.03. The van der Waals surface area contributed by atoms with Gasteiger partial charge < -0.3 is 19.9 Å². The van der Waals surface area contributed by atoms with Gasteiger partial charge in [-0.05, 0) is 69.4 Å². The summed E-state index contributed by atoms with van der Waals surface area (Å²) in [5.41, 5.74) is 4.19. The Hall–Kier alpha value is -3.46. The number of nitrogens with one attached hydrogen (secondary N) is 2. The third-order valence-corrected chi connectivity index (χ3v) is 5.93. The molecule has 1 aromatic heterocycles. The molecule has 2 N–H and O–H groups in total. The maximum absolute atomic E-state index is 12.2. The molecule has 1 heterocycles. The normalized spacial score (nSPS) is 13.6. The lowest BCUT2D eigenvalue weighted by Gasteiger charge is -2.26. The summed E-state index contributed by atoms with van der Waals surface area (Å²) in [6, 6.07) is 16.3. The highest BCUT2D eigenvalue weighted by atomic mass is 16.5.